The van der Waals surface area contributed by atoms with Crippen molar-refractivity contribution >= 4 is 21.6 Å². The molecule has 2 aromatic carbocycles. The topological polar surface area (TPSA) is 79.0 Å². The zero-order chi connectivity index (χ0) is 22.4. The van der Waals surface area contributed by atoms with Gasteiger partial charge in [-0.25, -0.2) is 12.7 Å². The summed E-state index contributed by atoms with van der Waals surface area (Å²) in [6.45, 7) is 1.15. The predicted molar refractivity (Wildman–Crippen MR) is 122 cm³/mol. The molecule has 1 aliphatic heterocycles. The molecule has 1 saturated heterocycles. The number of nitrogens with one attached hydrogen (secondary N) is 1. The number of hydrogen-bond donors (Lipinski definition) is 1. The Morgan fingerprint density at radius 1 is 1.06 bits per heavy atom. The molecule has 1 atom stereocenters. The van der Waals surface area contributed by atoms with Crippen molar-refractivity contribution in [1.82, 2.24) is 9.21 Å². The Labute approximate surface area is 185 Å². The summed E-state index contributed by atoms with van der Waals surface area (Å²) < 4.78 is 30.8. The molecule has 0 saturated carbocycles. The Hall–Kier alpha value is -2.42. The molecule has 1 fully saturated rings. The summed E-state index contributed by atoms with van der Waals surface area (Å²) in [5.41, 5.74) is 1.77. The summed E-state index contributed by atoms with van der Waals surface area (Å²) in [5.74, 6) is 0.713. The van der Waals surface area contributed by atoms with Gasteiger partial charge in [0.15, 0.2) is 0 Å². The number of hydrogen-bond acceptors (Lipinski definition) is 5. The predicted octanol–water partition coefficient (Wildman–Crippen LogP) is 3.50. The van der Waals surface area contributed by atoms with Gasteiger partial charge in [-0.05, 0) is 61.3 Å². The Morgan fingerprint density at radius 3 is 2.35 bits per heavy atom. The smallest absolute Gasteiger partial charge is 0.242 e. The minimum absolute atomic E-state index is 0.108. The highest BCUT2D eigenvalue weighted by Crippen LogP contribution is 2.31. The number of sulfonamides is 1. The fourth-order valence-electron chi connectivity index (χ4n) is 3.87. The van der Waals surface area contributed by atoms with Crippen molar-refractivity contribution in [2.24, 2.45) is 0 Å². The third-order valence-corrected chi connectivity index (χ3v) is 7.46. The van der Waals surface area contributed by atoms with E-state index in [4.69, 9.17) is 4.74 Å². The summed E-state index contributed by atoms with van der Waals surface area (Å²) in [6.07, 6.45) is 4.37. The molecule has 1 heterocycles. The maximum Gasteiger partial charge on any atom is 0.242 e. The average molecular weight is 446 g/mol. The Morgan fingerprint density at radius 2 is 1.74 bits per heavy atom. The first-order chi connectivity index (χ1) is 14.8. The molecule has 3 rings (SSSR count). The second kappa shape index (κ2) is 10.3. The van der Waals surface area contributed by atoms with Crippen molar-refractivity contribution in [3.05, 3.63) is 54.1 Å². The molecule has 1 unspecified atom stereocenters. The van der Waals surface area contributed by atoms with Crippen molar-refractivity contribution in [1.29, 1.82) is 0 Å². The summed E-state index contributed by atoms with van der Waals surface area (Å²) >= 11 is 0. The van der Waals surface area contributed by atoms with E-state index in [1.54, 1.807) is 19.2 Å². The Balaban J connectivity index is 1.68. The fraction of sp³-hybridized carbons (Fsp3) is 0.435. The molecule has 0 aliphatic carbocycles. The molecule has 8 heteroatoms. The zero-order valence-electron chi connectivity index (χ0n) is 18.4. The van der Waals surface area contributed by atoms with Gasteiger partial charge in [0.25, 0.3) is 0 Å². The first kappa shape index (κ1) is 23.2. The van der Waals surface area contributed by atoms with Crippen LogP contribution < -0.4 is 10.1 Å². The molecule has 0 aromatic heterocycles. The van der Waals surface area contributed by atoms with Gasteiger partial charge < -0.3 is 10.1 Å². The number of ether oxygens (including phenoxy) is 1. The number of carbonyl (C=O) groups excluding carboxylic acids is 1. The lowest BCUT2D eigenvalue weighted by Gasteiger charge is -2.29. The van der Waals surface area contributed by atoms with Gasteiger partial charge >= 0.3 is 0 Å². The SMILES string of the molecule is COc1ccc(C2CCCCCN2CC(=O)Nc2ccc(S(=O)(=O)N(C)C)cc2)cc1. The standard InChI is InChI=1S/C23H31N3O4S/c1-25(2)31(28,29)21-14-10-19(11-15-21)24-23(27)17-26-16-6-4-5-7-22(26)18-8-12-20(30-3)13-9-18/h8-15,22H,4-7,16-17H2,1-3H3,(H,24,27). The van der Waals surface area contributed by atoms with E-state index in [-0.39, 0.29) is 23.4 Å². The third-order valence-electron chi connectivity index (χ3n) is 5.63. The summed E-state index contributed by atoms with van der Waals surface area (Å²) in [4.78, 5) is 15.2. The summed E-state index contributed by atoms with van der Waals surface area (Å²) in [6, 6.07) is 14.5. The number of anilines is 1. The second-order valence-electron chi connectivity index (χ2n) is 7.97. The highest BCUT2D eigenvalue weighted by Gasteiger charge is 2.25. The van der Waals surface area contributed by atoms with Gasteiger partial charge in [-0.3, -0.25) is 9.69 Å². The molecular weight excluding hydrogens is 414 g/mol. The average Bonchev–Trinajstić information content (AvgIpc) is 2.99. The largest absolute Gasteiger partial charge is 0.497 e. The van der Waals surface area contributed by atoms with Crippen LogP contribution in [-0.2, 0) is 14.8 Å². The number of benzene rings is 2. The van der Waals surface area contributed by atoms with Gasteiger partial charge in [0.2, 0.25) is 15.9 Å². The van der Waals surface area contributed by atoms with Crippen molar-refractivity contribution < 1.29 is 17.9 Å². The lowest BCUT2D eigenvalue weighted by Crippen LogP contribution is -2.36. The number of carbonyl (C=O) groups is 1. The quantitative estimate of drug-likeness (QED) is 0.706. The molecular formula is C23H31N3O4S. The van der Waals surface area contributed by atoms with Crippen molar-refractivity contribution in [2.45, 2.75) is 36.6 Å². The van der Waals surface area contributed by atoms with E-state index in [0.717, 1.165) is 38.0 Å². The summed E-state index contributed by atoms with van der Waals surface area (Å²) in [7, 11) is 1.15. The van der Waals surface area contributed by atoms with Crippen molar-refractivity contribution in [2.75, 3.05) is 39.6 Å². The van der Waals surface area contributed by atoms with E-state index in [9.17, 15) is 13.2 Å². The molecule has 7 nitrogen and oxygen atoms in total. The normalized spacial score (nSPS) is 17.9. The van der Waals surface area contributed by atoms with Crippen LogP contribution >= 0.6 is 0 Å². The maximum atomic E-state index is 12.8. The van der Waals surface area contributed by atoms with Gasteiger partial charge in [0.1, 0.15) is 5.75 Å². The molecule has 1 aliphatic rings. The van der Waals surface area contributed by atoms with Crippen LogP contribution in [0.4, 0.5) is 5.69 Å². The number of likely N-dealkylation sites (tertiary alicyclic amines) is 1. The van der Waals surface area contributed by atoms with Crippen LogP contribution in [0.5, 0.6) is 5.75 Å². The van der Waals surface area contributed by atoms with E-state index in [1.165, 1.54) is 36.1 Å². The van der Waals surface area contributed by atoms with Crippen LogP contribution in [0.2, 0.25) is 0 Å². The zero-order valence-corrected chi connectivity index (χ0v) is 19.2. The van der Waals surface area contributed by atoms with E-state index >= 15 is 0 Å². The van der Waals surface area contributed by atoms with Crippen LogP contribution in [0.25, 0.3) is 0 Å². The summed E-state index contributed by atoms with van der Waals surface area (Å²) in [5, 5.41) is 2.90. The monoisotopic (exact) mass is 445 g/mol. The fourth-order valence-corrected chi connectivity index (χ4v) is 4.77. The molecule has 0 radical (unpaired) electrons. The molecule has 1 amide bonds. The maximum absolute atomic E-state index is 12.8. The van der Waals surface area contributed by atoms with Crippen molar-refractivity contribution in [3.8, 4) is 5.75 Å². The molecule has 0 spiro atoms. The minimum Gasteiger partial charge on any atom is -0.497 e. The number of nitrogens with zero attached hydrogens (tertiary/aromatic N) is 2. The molecule has 0 bridgehead atoms. The first-order valence-electron chi connectivity index (χ1n) is 10.5. The van der Waals surface area contributed by atoms with Crippen molar-refractivity contribution in [3.63, 3.8) is 0 Å². The van der Waals surface area contributed by atoms with Gasteiger partial charge in [-0.2, -0.15) is 0 Å². The van der Waals surface area contributed by atoms with Crippen LogP contribution in [0.3, 0.4) is 0 Å². The highest BCUT2D eigenvalue weighted by molar-refractivity contribution is 7.89. The van der Waals surface area contributed by atoms with Gasteiger partial charge in [-0.1, -0.05) is 25.0 Å². The van der Waals surface area contributed by atoms with E-state index in [1.807, 2.05) is 12.1 Å². The molecule has 1 N–H and O–H groups in total. The van der Waals surface area contributed by atoms with E-state index in [2.05, 4.69) is 22.3 Å². The molecule has 168 valence electrons. The van der Waals surface area contributed by atoms with Crippen LogP contribution in [0, 0.1) is 0 Å². The highest BCUT2D eigenvalue weighted by atomic mass is 32.2. The molecule has 31 heavy (non-hydrogen) atoms. The van der Waals surface area contributed by atoms with Crippen LogP contribution in [0.1, 0.15) is 37.3 Å². The first-order valence-corrected chi connectivity index (χ1v) is 12.0. The number of rotatable bonds is 7. The Bertz CT molecular complexity index is 973. The molecule has 2 aromatic rings. The van der Waals surface area contributed by atoms with Gasteiger partial charge in [0, 0.05) is 25.8 Å². The third kappa shape index (κ3) is 5.84. The lowest BCUT2D eigenvalue weighted by atomic mass is 10.0. The second-order valence-corrected chi connectivity index (χ2v) is 10.1. The van der Waals surface area contributed by atoms with Crippen LogP contribution in [0.15, 0.2) is 53.4 Å². The lowest BCUT2D eigenvalue weighted by molar-refractivity contribution is -0.117. The minimum atomic E-state index is -3.49. The van der Waals surface area contributed by atoms with E-state index in [0.29, 0.717) is 5.69 Å². The Kier molecular flexibility index (Phi) is 7.69. The van der Waals surface area contributed by atoms with Gasteiger partial charge in [-0.15, -0.1) is 0 Å². The number of amides is 1. The number of methoxy groups -OCH3 is 1. The van der Waals surface area contributed by atoms with Crippen LogP contribution in [-0.4, -0.2) is 57.8 Å². The van der Waals surface area contributed by atoms with E-state index < -0.39 is 10.0 Å². The van der Waals surface area contributed by atoms with Gasteiger partial charge in [0.05, 0.1) is 18.6 Å².